The van der Waals surface area contributed by atoms with Crippen LogP contribution in [-0.4, -0.2) is 66.9 Å². The molecule has 1 fully saturated rings. The number of sulfonamides is 1. The van der Waals surface area contributed by atoms with Crippen molar-refractivity contribution in [2.45, 2.75) is 18.1 Å². The number of piperazine rings is 1. The Hall–Kier alpha value is -2.64. The lowest BCUT2D eigenvalue weighted by atomic mass is 10.2. The van der Waals surface area contributed by atoms with Gasteiger partial charge in [-0.1, -0.05) is 0 Å². The minimum absolute atomic E-state index is 0. The van der Waals surface area contributed by atoms with Crippen molar-refractivity contribution in [1.82, 2.24) is 4.90 Å². The summed E-state index contributed by atoms with van der Waals surface area (Å²) in [4.78, 5) is 4.05. The smallest absolute Gasteiger partial charge is 0.387 e. The molecule has 0 unspecified atom stereocenters. The van der Waals surface area contributed by atoms with Gasteiger partial charge in [0, 0.05) is 32.2 Å². The number of nitrogens with zero attached hydrogens (tertiary/aromatic N) is 2. The van der Waals surface area contributed by atoms with E-state index in [0.717, 1.165) is 31.3 Å². The molecule has 2 aromatic rings. The molecule has 2 aromatic carbocycles. The summed E-state index contributed by atoms with van der Waals surface area (Å²) < 4.78 is 92.2. The van der Waals surface area contributed by atoms with Gasteiger partial charge in [0.05, 0.1) is 23.4 Å². The Labute approximate surface area is 200 Å². The first-order valence-corrected chi connectivity index (χ1v) is 11.3. The van der Waals surface area contributed by atoms with Crippen molar-refractivity contribution in [2.75, 3.05) is 50.0 Å². The number of halogens is 5. The Morgan fingerprint density at radius 2 is 1.47 bits per heavy atom. The lowest BCUT2D eigenvalue weighted by Crippen LogP contribution is -2.44. The second-order valence-electron chi connectivity index (χ2n) is 7.15. The quantitative estimate of drug-likeness (QED) is 0.494. The van der Waals surface area contributed by atoms with Crippen LogP contribution in [-0.2, 0) is 10.0 Å². The van der Waals surface area contributed by atoms with Crippen molar-refractivity contribution in [3.8, 4) is 17.2 Å². The lowest BCUT2D eigenvalue weighted by molar-refractivity contribution is -0.0691. The summed E-state index contributed by atoms with van der Waals surface area (Å²) in [6.07, 6.45) is 0. The van der Waals surface area contributed by atoms with Crippen LogP contribution in [0.2, 0.25) is 0 Å². The summed E-state index contributed by atoms with van der Waals surface area (Å²) >= 11 is 0. The molecule has 0 atom stereocenters. The third-order valence-corrected chi connectivity index (χ3v) is 6.31. The number of nitrogens with one attached hydrogen (secondary N) is 1. The van der Waals surface area contributed by atoms with Gasteiger partial charge in [-0.15, -0.1) is 12.4 Å². The Morgan fingerprint density at radius 1 is 0.882 bits per heavy atom. The van der Waals surface area contributed by atoms with Crippen LogP contribution >= 0.6 is 12.4 Å². The number of hydrogen-bond donors (Lipinski definition) is 1. The van der Waals surface area contributed by atoms with E-state index in [4.69, 9.17) is 4.74 Å². The molecule has 34 heavy (non-hydrogen) atoms. The molecule has 1 saturated heterocycles. The van der Waals surface area contributed by atoms with Crippen molar-refractivity contribution in [1.29, 1.82) is 0 Å². The Bertz CT molecular complexity index is 1070. The Morgan fingerprint density at radius 3 is 2.06 bits per heavy atom. The Kier molecular flexibility index (Phi) is 9.47. The number of ether oxygens (including phenoxy) is 3. The number of anilines is 2. The molecule has 1 aliphatic rings. The first kappa shape index (κ1) is 27.6. The lowest BCUT2D eigenvalue weighted by Gasteiger charge is -2.34. The van der Waals surface area contributed by atoms with E-state index in [0.29, 0.717) is 24.5 Å². The fourth-order valence-corrected chi connectivity index (χ4v) is 4.37. The molecule has 1 heterocycles. The van der Waals surface area contributed by atoms with Crippen LogP contribution in [0, 0.1) is 0 Å². The van der Waals surface area contributed by atoms with Gasteiger partial charge in [-0.2, -0.15) is 17.6 Å². The fraction of sp³-hybridized carbons (Fsp3) is 0.400. The van der Waals surface area contributed by atoms with Gasteiger partial charge >= 0.3 is 13.2 Å². The average molecular weight is 530 g/mol. The summed E-state index contributed by atoms with van der Waals surface area (Å²) in [5, 5.41) is 0. The Balaban J connectivity index is 0.00000408. The van der Waals surface area contributed by atoms with E-state index in [2.05, 4.69) is 19.1 Å². The second-order valence-corrected chi connectivity index (χ2v) is 8.83. The zero-order valence-corrected chi connectivity index (χ0v) is 19.8. The van der Waals surface area contributed by atoms with E-state index in [9.17, 15) is 26.0 Å². The van der Waals surface area contributed by atoms with Crippen LogP contribution in [0.25, 0.3) is 0 Å². The van der Waals surface area contributed by atoms with Crippen molar-refractivity contribution >= 4 is 33.8 Å². The topological polar surface area (TPSA) is 80.3 Å². The highest BCUT2D eigenvalue weighted by Gasteiger charge is 2.23. The zero-order chi connectivity index (χ0) is 24.2. The summed E-state index contributed by atoms with van der Waals surface area (Å²) in [6.45, 7) is -3.69. The molecule has 0 aliphatic carbocycles. The van der Waals surface area contributed by atoms with E-state index in [1.165, 1.54) is 25.3 Å². The van der Waals surface area contributed by atoms with Gasteiger partial charge in [-0.3, -0.25) is 4.72 Å². The molecule has 0 bridgehead atoms. The first-order chi connectivity index (χ1) is 15.6. The molecular formula is C20H24ClF4N3O5S. The average Bonchev–Trinajstić information content (AvgIpc) is 2.75. The van der Waals surface area contributed by atoms with Gasteiger partial charge in [-0.05, 0) is 37.4 Å². The third kappa shape index (κ3) is 6.93. The van der Waals surface area contributed by atoms with Crippen LogP contribution in [0.15, 0.2) is 41.3 Å². The molecule has 0 spiro atoms. The maximum Gasteiger partial charge on any atom is 0.387 e. The molecule has 0 amide bonds. The van der Waals surface area contributed by atoms with E-state index >= 15 is 0 Å². The van der Waals surface area contributed by atoms with Crippen LogP contribution in [0.5, 0.6) is 17.2 Å². The highest BCUT2D eigenvalue weighted by Crippen LogP contribution is 2.35. The van der Waals surface area contributed by atoms with Crippen molar-refractivity contribution in [3.05, 3.63) is 36.4 Å². The predicted octanol–water partition coefficient (Wildman–Crippen LogP) is 3.87. The summed E-state index contributed by atoms with van der Waals surface area (Å²) in [5.74, 6) is -0.895. The largest absolute Gasteiger partial charge is 0.495 e. The number of rotatable bonds is 9. The molecule has 14 heteroatoms. The molecule has 0 radical (unpaired) electrons. The molecular weight excluding hydrogens is 506 g/mol. The molecule has 1 N–H and O–H groups in total. The monoisotopic (exact) mass is 529 g/mol. The number of likely N-dealkylation sites (N-methyl/N-ethyl adjacent to an activating group) is 1. The van der Waals surface area contributed by atoms with Gasteiger partial charge in [-0.25, -0.2) is 8.42 Å². The zero-order valence-electron chi connectivity index (χ0n) is 18.2. The summed E-state index contributed by atoms with van der Waals surface area (Å²) in [6, 6.07) is 7.16. The van der Waals surface area contributed by atoms with Crippen LogP contribution < -0.4 is 23.8 Å². The standard InChI is InChI=1S/C20H23F4N3O5S.ClH/c1-26-7-9-27(10-8-26)15-12-14(4-6-16(15)30-2)33(28,29)25-13-3-5-17(31-19(21)22)18(11-13)32-20(23)24;/h3-6,11-12,19-20,25H,7-10H2,1-2H3;1H. The maximum absolute atomic E-state index is 13.0. The van der Waals surface area contributed by atoms with Gasteiger partial charge in [0.15, 0.2) is 11.5 Å². The molecule has 0 saturated carbocycles. The van der Waals surface area contributed by atoms with E-state index in [1.807, 2.05) is 11.9 Å². The van der Waals surface area contributed by atoms with Gasteiger partial charge < -0.3 is 24.0 Å². The predicted molar refractivity (Wildman–Crippen MR) is 120 cm³/mol. The number of alkyl halides is 4. The fourth-order valence-electron chi connectivity index (χ4n) is 3.30. The summed E-state index contributed by atoms with van der Waals surface area (Å²) in [7, 11) is -0.696. The van der Waals surface area contributed by atoms with Crippen molar-refractivity contribution < 1.29 is 40.2 Å². The second kappa shape index (κ2) is 11.7. The van der Waals surface area contributed by atoms with Gasteiger partial charge in [0.1, 0.15) is 5.75 Å². The maximum atomic E-state index is 13.0. The minimum atomic E-state index is -4.17. The van der Waals surface area contributed by atoms with Crippen LogP contribution in [0.4, 0.5) is 28.9 Å². The SMILES string of the molecule is COc1ccc(S(=O)(=O)Nc2ccc(OC(F)F)c(OC(F)F)c2)cc1N1CCN(C)CC1.Cl. The van der Waals surface area contributed by atoms with E-state index in [1.54, 1.807) is 0 Å². The van der Waals surface area contributed by atoms with Crippen LogP contribution in [0.1, 0.15) is 0 Å². The summed E-state index contributed by atoms with van der Waals surface area (Å²) in [5.41, 5.74) is 0.417. The number of benzene rings is 2. The van der Waals surface area contributed by atoms with Gasteiger partial charge in [0.2, 0.25) is 0 Å². The molecule has 8 nitrogen and oxygen atoms in total. The normalized spacial score (nSPS) is 14.6. The molecule has 3 rings (SSSR count). The molecule has 190 valence electrons. The third-order valence-electron chi connectivity index (χ3n) is 4.93. The van der Waals surface area contributed by atoms with Crippen LogP contribution in [0.3, 0.4) is 0 Å². The molecule has 1 aliphatic heterocycles. The van der Waals surface area contributed by atoms with E-state index in [-0.39, 0.29) is 23.0 Å². The molecule has 0 aromatic heterocycles. The van der Waals surface area contributed by atoms with E-state index < -0.39 is 34.7 Å². The number of methoxy groups -OCH3 is 1. The first-order valence-electron chi connectivity index (χ1n) is 9.77. The highest BCUT2D eigenvalue weighted by atomic mass is 35.5. The van der Waals surface area contributed by atoms with Crippen molar-refractivity contribution in [3.63, 3.8) is 0 Å². The van der Waals surface area contributed by atoms with Gasteiger partial charge in [0.25, 0.3) is 10.0 Å². The highest BCUT2D eigenvalue weighted by molar-refractivity contribution is 7.92. The minimum Gasteiger partial charge on any atom is -0.495 e. The van der Waals surface area contributed by atoms with Crippen molar-refractivity contribution in [2.24, 2.45) is 0 Å². The number of hydrogen-bond acceptors (Lipinski definition) is 7.